The number of carbonyl (C=O) groups is 1. The summed E-state index contributed by atoms with van der Waals surface area (Å²) < 4.78 is 0. The molecule has 17 heavy (non-hydrogen) atoms. The van der Waals surface area contributed by atoms with Crippen LogP contribution in [0.4, 0.5) is 5.69 Å². The molecule has 2 saturated heterocycles. The lowest BCUT2D eigenvalue weighted by molar-refractivity contribution is 0.101. The second-order valence-electron chi connectivity index (χ2n) is 5.39. The number of carbonyl (C=O) groups excluding carboxylic acids is 1. The zero-order chi connectivity index (χ0) is 11.9. The Labute approximate surface area is 102 Å². The van der Waals surface area contributed by atoms with Gasteiger partial charge in [0.1, 0.15) is 0 Å². The predicted octanol–water partition coefficient (Wildman–Crippen LogP) is 1.69. The number of nitrogens with one attached hydrogen (secondary N) is 1. The van der Waals surface area contributed by atoms with Crippen molar-refractivity contribution in [1.29, 1.82) is 0 Å². The fourth-order valence-corrected chi connectivity index (χ4v) is 2.92. The molecule has 2 aliphatic rings. The number of benzene rings is 1. The van der Waals surface area contributed by atoms with Crippen LogP contribution in [-0.4, -0.2) is 32.0 Å². The van der Waals surface area contributed by atoms with Crippen LogP contribution in [0.1, 0.15) is 23.7 Å². The molecule has 0 bridgehead atoms. The highest BCUT2D eigenvalue weighted by Crippen LogP contribution is 2.38. The van der Waals surface area contributed by atoms with Crippen molar-refractivity contribution in [3.63, 3.8) is 0 Å². The summed E-state index contributed by atoms with van der Waals surface area (Å²) in [6.07, 6.45) is 1.30. The molecular weight excluding hydrogens is 212 g/mol. The van der Waals surface area contributed by atoms with Gasteiger partial charge < -0.3 is 10.2 Å². The SMILES string of the molecule is CC(=O)c1ccc(N2CC3(CCNC3)C2)cc1. The molecule has 1 spiro atoms. The Morgan fingerprint density at radius 2 is 2.00 bits per heavy atom. The summed E-state index contributed by atoms with van der Waals surface area (Å²) in [5.74, 6) is 0.136. The van der Waals surface area contributed by atoms with Crippen LogP contribution in [0.15, 0.2) is 24.3 Å². The van der Waals surface area contributed by atoms with E-state index in [1.807, 2.05) is 12.1 Å². The summed E-state index contributed by atoms with van der Waals surface area (Å²) in [5.41, 5.74) is 2.57. The normalized spacial score (nSPS) is 21.6. The molecule has 0 saturated carbocycles. The molecule has 0 aliphatic carbocycles. The maximum atomic E-state index is 11.2. The van der Waals surface area contributed by atoms with Crippen LogP contribution >= 0.6 is 0 Å². The lowest BCUT2D eigenvalue weighted by atomic mass is 9.79. The molecule has 0 unspecified atom stereocenters. The Balaban J connectivity index is 1.68. The maximum Gasteiger partial charge on any atom is 0.159 e. The van der Waals surface area contributed by atoms with Gasteiger partial charge in [-0.25, -0.2) is 0 Å². The van der Waals surface area contributed by atoms with E-state index in [9.17, 15) is 4.79 Å². The number of rotatable bonds is 2. The monoisotopic (exact) mass is 230 g/mol. The van der Waals surface area contributed by atoms with Gasteiger partial charge in [-0.1, -0.05) is 0 Å². The van der Waals surface area contributed by atoms with Gasteiger partial charge in [-0.2, -0.15) is 0 Å². The van der Waals surface area contributed by atoms with Crippen LogP contribution in [-0.2, 0) is 0 Å². The first kappa shape index (κ1) is 10.8. The van der Waals surface area contributed by atoms with Crippen LogP contribution in [0, 0.1) is 5.41 Å². The van der Waals surface area contributed by atoms with E-state index in [1.165, 1.54) is 12.1 Å². The van der Waals surface area contributed by atoms with Crippen LogP contribution in [0.2, 0.25) is 0 Å². The quantitative estimate of drug-likeness (QED) is 0.785. The molecule has 90 valence electrons. The third-order valence-corrected chi connectivity index (χ3v) is 4.02. The third-order valence-electron chi connectivity index (χ3n) is 4.02. The number of anilines is 1. The molecule has 0 atom stereocenters. The first-order valence-electron chi connectivity index (χ1n) is 6.25. The van der Waals surface area contributed by atoms with Crippen molar-refractivity contribution in [2.45, 2.75) is 13.3 Å². The Morgan fingerprint density at radius 3 is 2.53 bits per heavy atom. The molecule has 0 amide bonds. The van der Waals surface area contributed by atoms with E-state index in [4.69, 9.17) is 0 Å². The van der Waals surface area contributed by atoms with Gasteiger partial charge in [0.2, 0.25) is 0 Å². The number of Topliss-reactive ketones (excluding diaryl/α,β-unsaturated/α-hetero) is 1. The minimum atomic E-state index is 0.136. The average molecular weight is 230 g/mol. The van der Waals surface area contributed by atoms with Gasteiger partial charge in [-0.05, 0) is 44.2 Å². The van der Waals surface area contributed by atoms with E-state index < -0.39 is 0 Å². The molecule has 0 aromatic heterocycles. The van der Waals surface area contributed by atoms with Crippen molar-refractivity contribution >= 4 is 11.5 Å². The van der Waals surface area contributed by atoms with Crippen molar-refractivity contribution in [3.05, 3.63) is 29.8 Å². The fraction of sp³-hybridized carbons (Fsp3) is 0.500. The lowest BCUT2D eigenvalue weighted by Crippen LogP contribution is -2.57. The third kappa shape index (κ3) is 1.84. The molecule has 2 fully saturated rings. The first-order valence-corrected chi connectivity index (χ1v) is 6.25. The molecule has 3 nitrogen and oxygen atoms in total. The Kier molecular flexibility index (Phi) is 2.44. The van der Waals surface area contributed by atoms with E-state index in [2.05, 4.69) is 22.3 Å². The zero-order valence-electron chi connectivity index (χ0n) is 10.2. The van der Waals surface area contributed by atoms with Crippen LogP contribution in [0.5, 0.6) is 0 Å². The molecule has 3 heteroatoms. The molecule has 2 heterocycles. The standard InChI is InChI=1S/C14H18N2O/c1-11(17)12-2-4-13(5-3-12)16-9-14(10-16)6-7-15-8-14/h2-5,15H,6-10H2,1H3. The van der Waals surface area contributed by atoms with E-state index in [0.717, 1.165) is 31.7 Å². The van der Waals surface area contributed by atoms with Gasteiger partial charge in [0.05, 0.1) is 0 Å². The molecule has 1 aromatic carbocycles. The second kappa shape index (κ2) is 3.84. The van der Waals surface area contributed by atoms with Gasteiger partial charge in [-0.15, -0.1) is 0 Å². The highest BCUT2D eigenvalue weighted by atomic mass is 16.1. The van der Waals surface area contributed by atoms with Crippen molar-refractivity contribution in [2.24, 2.45) is 5.41 Å². The summed E-state index contributed by atoms with van der Waals surface area (Å²) in [4.78, 5) is 13.6. The maximum absolute atomic E-state index is 11.2. The zero-order valence-corrected chi connectivity index (χ0v) is 10.2. The Hall–Kier alpha value is -1.35. The van der Waals surface area contributed by atoms with Gasteiger partial charge >= 0.3 is 0 Å². The summed E-state index contributed by atoms with van der Waals surface area (Å²) in [6.45, 7) is 6.24. The van der Waals surface area contributed by atoms with Gasteiger partial charge in [-0.3, -0.25) is 4.79 Å². The minimum Gasteiger partial charge on any atom is -0.370 e. The largest absolute Gasteiger partial charge is 0.370 e. The van der Waals surface area contributed by atoms with Crippen molar-refractivity contribution in [1.82, 2.24) is 5.32 Å². The Bertz CT molecular complexity index is 424. The number of hydrogen-bond acceptors (Lipinski definition) is 3. The topological polar surface area (TPSA) is 32.3 Å². The summed E-state index contributed by atoms with van der Waals surface area (Å²) >= 11 is 0. The molecule has 3 rings (SSSR count). The van der Waals surface area contributed by atoms with Gasteiger partial charge in [0.25, 0.3) is 0 Å². The smallest absolute Gasteiger partial charge is 0.159 e. The summed E-state index contributed by atoms with van der Waals surface area (Å²) in [6, 6.07) is 7.98. The fourth-order valence-electron chi connectivity index (χ4n) is 2.92. The summed E-state index contributed by atoms with van der Waals surface area (Å²) in [7, 11) is 0. The van der Waals surface area contributed by atoms with Crippen LogP contribution in [0.3, 0.4) is 0 Å². The molecule has 2 aliphatic heterocycles. The second-order valence-corrected chi connectivity index (χ2v) is 5.39. The Morgan fingerprint density at radius 1 is 1.29 bits per heavy atom. The number of ketones is 1. The van der Waals surface area contributed by atoms with E-state index in [0.29, 0.717) is 5.41 Å². The molecule has 1 N–H and O–H groups in total. The van der Waals surface area contributed by atoms with Gasteiger partial charge in [0, 0.05) is 36.3 Å². The predicted molar refractivity (Wildman–Crippen MR) is 68.6 cm³/mol. The van der Waals surface area contributed by atoms with Gasteiger partial charge in [0.15, 0.2) is 5.78 Å². The first-order chi connectivity index (χ1) is 8.19. The van der Waals surface area contributed by atoms with E-state index in [-0.39, 0.29) is 5.78 Å². The summed E-state index contributed by atoms with van der Waals surface area (Å²) in [5, 5.41) is 3.44. The van der Waals surface area contributed by atoms with Crippen LogP contribution in [0.25, 0.3) is 0 Å². The van der Waals surface area contributed by atoms with Crippen molar-refractivity contribution in [2.75, 3.05) is 31.1 Å². The number of nitrogens with zero attached hydrogens (tertiary/aromatic N) is 1. The van der Waals surface area contributed by atoms with E-state index in [1.54, 1.807) is 6.92 Å². The average Bonchev–Trinajstić information content (AvgIpc) is 2.76. The highest BCUT2D eigenvalue weighted by Gasteiger charge is 2.44. The number of hydrogen-bond donors (Lipinski definition) is 1. The molecule has 1 aromatic rings. The van der Waals surface area contributed by atoms with Crippen LogP contribution < -0.4 is 10.2 Å². The molecular formula is C14H18N2O. The lowest BCUT2D eigenvalue weighted by Gasteiger charge is -2.49. The van der Waals surface area contributed by atoms with E-state index >= 15 is 0 Å². The highest BCUT2D eigenvalue weighted by molar-refractivity contribution is 5.94. The van der Waals surface area contributed by atoms with Crippen molar-refractivity contribution < 1.29 is 4.79 Å². The van der Waals surface area contributed by atoms with Crippen molar-refractivity contribution in [3.8, 4) is 0 Å². The molecule has 0 radical (unpaired) electrons. The minimum absolute atomic E-state index is 0.136.